The number of allylic oxidation sites excluding steroid dienone is 2. The number of carbonyl (C=O) groups excluding carboxylic acids is 3. The molecule has 0 bridgehead atoms. The first kappa shape index (κ1) is 33.0. The van der Waals surface area contributed by atoms with Gasteiger partial charge in [0.15, 0.2) is 0 Å². The zero-order valence-electron chi connectivity index (χ0n) is 24.6. The molecule has 7 heteroatoms. The molecule has 3 aromatic carbocycles. The van der Waals surface area contributed by atoms with E-state index in [1.54, 1.807) is 17.1 Å². The minimum Gasteiger partial charge on any atom is -0.463 e. The minimum atomic E-state index is -0.685. The molecule has 0 heterocycles. The third kappa shape index (κ3) is 11.0. The second-order valence-electron chi connectivity index (χ2n) is 10.5. The van der Waals surface area contributed by atoms with Crippen LogP contribution in [-0.2, 0) is 32.1 Å². The van der Waals surface area contributed by atoms with Crippen LogP contribution in [0.3, 0.4) is 0 Å². The predicted molar refractivity (Wildman–Crippen MR) is 169 cm³/mol. The van der Waals surface area contributed by atoms with Crippen LogP contribution in [0.25, 0.3) is 0 Å². The summed E-state index contributed by atoms with van der Waals surface area (Å²) in [5, 5.41) is 12.6. The monoisotopic (exact) mass is 582 g/mol. The number of ether oxygens (including phenoxy) is 1. The summed E-state index contributed by atoms with van der Waals surface area (Å²) >= 11 is 0. The molecule has 226 valence electrons. The number of nitrogens with zero attached hydrogens (tertiary/aromatic N) is 1. The number of benzene rings is 3. The lowest BCUT2D eigenvalue weighted by atomic mass is 9.96. The minimum absolute atomic E-state index is 0.0511. The highest BCUT2D eigenvalue weighted by Gasteiger charge is 2.28. The topological polar surface area (TPSA) is 95.9 Å². The summed E-state index contributed by atoms with van der Waals surface area (Å²) in [6, 6.07) is 27.9. The van der Waals surface area contributed by atoms with Gasteiger partial charge in [-0.3, -0.25) is 14.4 Å². The molecule has 0 aliphatic heterocycles. The van der Waals surface area contributed by atoms with Crippen molar-refractivity contribution in [3.8, 4) is 0 Å². The Hall–Kier alpha value is -4.49. The maximum atomic E-state index is 13.6. The molecule has 0 radical (unpaired) electrons. The molecule has 3 aromatic rings. The summed E-state index contributed by atoms with van der Waals surface area (Å²) < 4.78 is 5.78. The van der Waals surface area contributed by atoms with E-state index in [9.17, 15) is 19.5 Å². The van der Waals surface area contributed by atoms with Crippen molar-refractivity contribution in [2.24, 2.45) is 11.8 Å². The van der Waals surface area contributed by atoms with E-state index in [4.69, 9.17) is 4.74 Å². The quantitative estimate of drug-likeness (QED) is 0.154. The van der Waals surface area contributed by atoms with Crippen LogP contribution in [0.2, 0.25) is 0 Å². The fourth-order valence-electron chi connectivity index (χ4n) is 4.88. The highest BCUT2D eigenvalue weighted by Crippen LogP contribution is 2.21. The molecule has 2 amide bonds. The number of rotatable bonds is 18. The zero-order valence-corrected chi connectivity index (χ0v) is 24.6. The molecule has 0 unspecified atom stereocenters. The second-order valence-corrected chi connectivity index (χ2v) is 10.5. The maximum absolute atomic E-state index is 13.6. The van der Waals surface area contributed by atoms with Crippen molar-refractivity contribution in [1.82, 2.24) is 10.2 Å². The average molecular weight is 583 g/mol. The number of esters is 1. The van der Waals surface area contributed by atoms with Crippen LogP contribution in [0.15, 0.2) is 116 Å². The molecule has 0 aromatic heterocycles. The lowest BCUT2D eigenvalue weighted by Gasteiger charge is -2.26. The molecule has 3 atom stereocenters. The van der Waals surface area contributed by atoms with Gasteiger partial charge in [0, 0.05) is 19.5 Å². The fourth-order valence-corrected chi connectivity index (χ4v) is 4.88. The van der Waals surface area contributed by atoms with Gasteiger partial charge >= 0.3 is 5.97 Å². The Balaban J connectivity index is 1.71. The van der Waals surface area contributed by atoms with Crippen molar-refractivity contribution in [3.63, 3.8) is 0 Å². The van der Waals surface area contributed by atoms with Crippen molar-refractivity contribution in [2.45, 2.75) is 38.3 Å². The van der Waals surface area contributed by atoms with Crippen molar-refractivity contribution >= 4 is 17.8 Å². The average Bonchev–Trinajstić information content (AvgIpc) is 3.03. The predicted octanol–water partition coefficient (Wildman–Crippen LogP) is 5.43. The first-order chi connectivity index (χ1) is 20.9. The van der Waals surface area contributed by atoms with Gasteiger partial charge in [-0.1, -0.05) is 103 Å². The summed E-state index contributed by atoms with van der Waals surface area (Å²) in [4.78, 5) is 41.6. The maximum Gasteiger partial charge on any atom is 0.309 e. The fraction of sp³-hybridized carbons (Fsp3) is 0.306. The molecule has 3 rings (SSSR count). The van der Waals surface area contributed by atoms with Gasteiger partial charge in [0.05, 0.1) is 24.5 Å². The van der Waals surface area contributed by atoms with Crippen molar-refractivity contribution in [1.29, 1.82) is 0 Å². The molecular formula is C36H42N2O5. The first-order valence-corrected chi connectivity index (χ1v) is 14.6. The van der Waals surface area contributed by atoms with E-state index in [1.165, 1.54) is 0 Å². The summed E-state index contributed by atoms with van der Waals surface area (Å²) in [5.41, 5.74) is 2.74. The largest absolute Gasteiger partial charge is 0.463 e. The van der Waals surface area contributed by atoms with Gasteiger partial charge in [0.2, 0.25) is 11.8 Å². The zero-order chi connectivity index (χ0) is 30.9. The van der Waals surface area contributed by atoms with E-state index in [0.29, 0.717) is 19.4 Å². The Kier molecular flexibility index (Phi) is 13.9. The molecule has 0 aliphatic carbocycles. The Morgan fingerprint density at radius 2 is 1.37 bits per heavy atom. The van der Waals surface area contributed by atoms with Crippen LogP contribution in [0.1, 0.15) is 42.0 Å². The summed E-state index contributed by atoms with van der Waals surface area (Å²) in [5.74, 6) is -2.03. The first-order valence-electron chi connectivity index (χ1n) is 14.6. The van der Waals surface area contributed by atoms with Crippen LogP contribution >= 0.6 is 0 Å². The van der Waals surface area contributed by atoms with Crippen LogP contribution in [-0.4, -0.2) is 47.5 Å². The highest BCUT2D eigenvalue weighted by molar-refractivity contribution is 5.86. The van der Waals surface area contributed by atoms with Crippen molar-refractivity contribution in [2.75, 3.05) is 19.8 Å². The van der Waals surface area contributed by atoms with E-state index in [-0.39, 0.29) is 50.4 Å². The van der Waals surface area contributed by atoms with Gasteiger partial charge in [-0.2, -0.15) is 0 Å². The summed E-state index contributed by atoms with van der Waals surface area (Å²) in [6.07, 6.45) is 4.55. The molecule has 0 saturated carbocycles. The normalized spacial score (nSPS) is 12.8. The van der Waals surface area contributed by atoms with Gasteiger partial charge in [-0.05, 0) is 36.0 Å². The van der Waals surface area contributed by atoms with E-state index < -0.39 is 17.9 Å². The van der Waals surface area contributed by atoms with E-state index >= 15 is 0 Å². The number of hydrogen-bond acceptors (Lipinski definition) is 5. The van der Waals surface area contributed by atoms with E-state index in [2.05, 4.69) is 18.5 Å². The molecular weight excluding hydrogens is 540 g/mol. The standard InChI is InChI=1S/C36H42N2O5/c1-3-14-31(25-34(40)38(22-23-39)26-29-18-10-6-11-19-29)35(41)37-33(30-20-12-7-13-21-30)27-43-36(42)32(15-4-2)24-28-16-8-5-9-17-28/h3-13,16-21,31-33,39H,1-2,14-15,22-27H2,(H,37,41)/t31-,32+,33-/m0/s1. The third-order valence-electron chi connectivity index (χ3n) is 7.20. The Morgan fingerprint density at radius 1 is 0.814 bits per heavy atom. The Morgan fingerprint density at radius 3 is 1.95 bits per heavy atom. The molecule has 43 heavy (non-hydrogen) atoms. The highest BCUT2D eigenvalue weighted by atomic mass is 16.5. The van der Waals surface area contributed by atoms with E-state index in [0.717, 1.165) is 16.7 Å². The molecule has 0 saturated heterocycles. The third-order valence-corrected chi connectivity index (χ3v) is 7.20. The molecule has 0 aliphatic rings. The van der Waals surface area contributed by atoms with E-state index in [1.807, 2.05) is 91.0 Å². The number of nitrogens with one attached hydrogen (secondary N) is 1. The molecule has 2 N–H and O–H groups in total. The van der Waals surface area contributed by atoms with Gasteiger partial charge in [-0.15, -0.1) is 13.2 Å². The molecule has 0 fully saturated rings. The van der Waals surface area contributed by atoms with Gasteiger partial charge in [0.25, 0.3) is 0 Å². The lowest BCUT2D eigenvalue weighted by Crippen LogP contribution is -2.40. The number of aliphatic hydroxyl groups excluding tert-OH is 1. The number of amides is 2. The van der Waals surface area contributed by atoms with Gasteiger partial charge < -0.3 is 20.1 Å². The molecule has 7 nitrogen and oxygen atoms in total. The van der Waals surface area contributed by atoms with Crippen LogP contribution in [0.5, 0.6) is 0 Å². The van der Waals surface area contributed by atoms with Crippen LogP contribution in [0.4, 0.5) is 0 Å². The summed E-state index contributed by atoms with van der Waals surface area (Å²) in [7, 11) is 0. The Bertz CT molecular complexity index is 1300. The van der Waals surface area contributed by atoms with Crippen LogP contribution in [0, 0.1) is 11.8 Å². The van der Waals surface area contributed by atoms with Gasteiger partial charge in [-0.25, -0.2) is 0 Å². The smallest absolute Gasteiger partial charge is 0.309 e. The Labute approximate surface area is 254 Å². The number of carbonyl (C=O) groups is 3. The van der Waals surface area contributed by atoms with Crippen molar-refractivity contribution in [3.05, 3.63) is 133 Å². The van der Waals surface area contributed by atoms with Gasteiger partial charge in [0.1, 0.15) is 6.61 Å². The number of aliphatic hydroxyl groups is 1. The molecule has 0 spiro atoms. The number of hydrogen-bond donors (Lipinski definition) is 2. The van der Waals surface area contributed by atoms with Crippen molar-refractivity contribution < 1.29 is 24.2 Å². The lowest BCUT2D eigenvalue weighted by molar-refractivity contribution is -0.150. The second kappa shape index (κ2) is 18.1. The summed E-state index contributed by atoms with van der Waals surface area (Å²) in [6.45, 7) is 7.83. The van der Waals surface area contributed by atoms with Crippen LogP contribution < -0.4 is 5.32 Å². The SMILES string of the molecule is C=CC[C@@H](CC(=O)N(CCO)Cc1ccccc1)C(=O)N[C@@H](COC(=O)[C@H](CC=C)Cc1ccccc1)c1ccccc1.